The highest BCUT2D eigenvalue weighted by Crippen LogP contribution is 2.25. The van der Waals surface area contributed by atoms with Crippen LogP contribution >= 0.6 is 0 Å². The molecule has 0 fully saturated rings. The van der Waals surface area contributed by atoms with Crippen LogP contribution < -0.4 is 5.32 Å². The summed E-state index contributed by atoms with van der Waals surface area (Å²) in [5.41, 5.74) is 5.50. The maximum atomic E-state index is 4.01. The minimum atomic E-state index is 0.581. The Kier molecular flexibility index (Phi) is 2.81. The molecule has 2 rings (SSSR count). The van der Waals surface area contributed by atoms with Gasteiger partial charge in [-0.25, -0.2) is 0 Å². The van der Waals surface area contributed by atoms with E-state index in [9.17, 15) is 0 Å². The minimum absolute atomic E-state index is 0.581. The maximum Gasteiger partial charge on any atom is 0.0373 e. The quantitative estimate of drug-likeness (QED) is 0.739. The molecule has 1 N–H and O–H groups in total. The zero-order valence-electron chi connectivity index (χ0n) is 9.64. The molecule has 1 atom stereocenters. The Labute approximate surface area is 92.2 Å². The van der Waals surface area contributed by atoms with E-state index in [1.165, 1.54) is 28.8 Å². The number of anilines is 1. The Morgan fingerprint density at radius 2 is 2.33 bits per heavy atom. The van der Waals surface area contributed by atoms with Crippen molar-refractivity contribution in [1.82, 2.24) is 0 Å². The number of nitrogens with one attached hydrogen (secondary N) is 1. The van der Waals surface area contributed by atoms with Gasteiger partial charge in [0.15, 0.2) is 0 Å². The predicted molar refractivity (Wildman–Crippen MR) is 66.3 cm³/mol. The molecule has 0 radical (unpaired) electrons. The van der Waals surface area contributed by atoms with Gasteiger partial charge in [-0.1, -0.05) is 31.2 Å². The van der Waals surface area contributed by atoms with E-state index in [4.69, 9.17) is 0 Å². The van der Waals surface area contributed by atoms with E-state index >= 15 is 0 Å². The Morgan fingerprint density at radius 1 is 1.53 bits per heavy atom. The SMILES string of the molecule is C=C(C)C(C)Cc1ccc2c(c1)CCN2. The van der Waals surface area contributed by atoms with Crippen molar-refractivity contribution in [2.45, 2.75) is 26.7 Å². The van der Waals surface area contributed by atoms with Crippen LogP contribution in [-0.2, 0) is 12.8 Å². The summed E-state index contributed by atoms with van der Waals surface area (Å²) in [6, 6.07) is 6.79. The molecule has 0 aliphatic carbocycles. The first-order valence-electron chi connectivity index (χ1n) is 5.68. The predicted octanol–water partition coefficient (Wildman–Crippen LogP) is 3.41. The molecule has 0 spiro atoms. The summed E-state index contributed by atoms with van der Waals surface area (Å²) in [6.45, 7) is 9.46. The Hall–Kier alpha value is -1.24. The fourth-order valence-corrected chi connectivity index (χ4v) is 2.01. The third kappa shape index (κ3) is 2.23. The summed E-state index contributed by atoms with van der Waals surface area (Å²) in [5, 5.41) is 3.39. The average molecular weight is 201 g/mol. The highest BCUT2D eigenvalue weighted by Gasteiger charge is 2.11. The van der Waals surface area contributed by atoms with Gasteiger partial charge in [0.2, 0.25) is 0 Å². The molecule has 1 aliphatic rings. The summed E-state index contributed by atoms with van der Waals surface area (Å²) in [7, 11) is 0. The van der Waals surface area contributed by atoms with Crippen LogP contribution in [0.5, 0.6) is 0 Å². The van der Waals surface area contributed by atoms with Crippen molar-refractivity contribution in [1.29, 1.82) is 0 Å². The van der Waals surface area contributed by atoms with Crippen molar-refractivity contribution in [2.24, 2.45) is 5.92 Å². The van der Waals surface area contributed by atoms with Gasteiger partial charge in [-0.3, -0.25) is 0 Å². The molecule has 1 nitrogen and oxygen atoms in total. The second-order valence-corrected chi connectivity index (χ2v) is 4.62. The normalized spacial score (nSPS) is 15.6. The lowest BCUT2D eigenvalue weighted by molar-refractivity contribution is 0.680. The molecule has 0 saturated carbocycles. The van der Waals surface area contributed by atoms with E-state index < -0.39 is 0 Å². The molecule has 1 aliphatic heterocycles. The number of fused-ring (bicyclic) bond motifs is 1. The first-order valence-corrected chi connectivity index (χ1v) is 5.68. The van der Waals surface area contributed by atoms with Crippen molar-refractivity contribution in [3.05, 3.63) is 41.5 Å². The Bertz CT molecular complexity index is 379. The third-order valence-electron chi connectivity index (χ3n) is 3.26. The van der Waals surface area contributed by atoms with E-state index in [0.29, 0.717) is 5.92 Å². The first kappa shape index (κ1) is 10.3. The van der Waals surface area contributed by atoms with Gasteiger partial charge in [0, 0.05) is 12.2 Å². The molecule has 0 aromatic heterocycles. The summed E-state index contributed by atoms with van der Waals surface area (Å²) in [4.78, 5) is 0. The van der Waals surface area contributed by atoms with Gasteiger partial charge in [-0.05, 0) is 42.9 Å². The minimum Gasteiger partial charge on any atom is -0.384 e. The largest absolute Gasteiger partial charge is 0.384 e. The van der Waals surface area contributed by atoms with Gasteiger partial charge in [-0.15, -0.1) is 0 Å². The maximum absolute atomic E-state index is 4.01. The van der Waals surface area contributed by atoms with E-state index in [0.717, 1.165) is 13.0 Å². The lowest BCUT2D eigenvalue weighted by atomic mass is 9.94. The van der Waals surface area contributed by atoms with E-state index in [2.05, 4.69) is 43.9 Å². The standard InChI is InChI=1S/C14H19N/c1-10(2)11(3)8-12-4-5-14-13(9-12)6-7-15-14/h4-5,9,11,15H,1,6-8H2,2-3H3. The van der Waals surface area contributed by atoms with E-state index in [1.807, 2.05) is 0 Å². The van der Waals surface area contributed by atoms with Crippen molar-refractivity contribution < 1.29 is 0 Å². The van der Waals surface area contributed by atoms with Crippen LogP contribution in [0.2, 0.25) is 0 Å². The lowest BCUT2D eigenvalue weighted by Gasteiger charge is -2.11. The molecule has 1 unspecified atom stereocenters. The van der Waals surface area contributed by atoms with E-state index in [-0.39, 0.29) is 0 Å². The van der Waals surface area contributed by atoms with Gasteiger partial charge in [0.05, 0.1) is 0 Å². The molecule has 15 heavy (non-hydrogen) atoms. The highest BCUT2D eigenvalue weighted by atomic mass is 14.9. The van der Waals surface area contributed by atoms with Gasteiger partial charge < -0.3 is 5.32 Å². The van der Waals surface area contributed by atoms with Crippen molar-refractivity contribution in [2.75, 3.05) is 11.9 Å². The fourth-order valence-electron chi connectivity index (χ4n) is 2.01. The molecular formula is C14H19N. The topological polar surface area (TPSA) is 12.0 Å². The smallest absolute Gasteiger partial charge is 0.0373 e. The summed E-state index contributed by atoms with van der Waals surface area (Å²) in [5.74, 6) is 0.581. The van der Waals surface area contributed by atoms with Crippen LogP contribution in [0, 0.1) is 5.92 Å². The second-order valence-electron chi connectivity index (χ2n) is 4.62. The number of hydrogen-bond acceptors (Lipinski definition) is 1. The van der Waals surface area contributed by atoms with Crippen LogP contribution in [-0.4, -0.2) is 6.54 Å². The van der Waals surface area contributed by atoms with Crippen LogP contribution in [0.4, 0.5) is 5.69 Å². The van der Waals surface area contributed by atoms with Crippen LogP contribution in [0.25, 0.3) is 0 Å². The molecule has 1 aromatic carbocycles. The fraction of sp³-hybridized carbons (Fsp3) is 0.429. The average Bonchev–Trinajstić information content (AvgIpc) is 2.64. The molecule has 0 bridgehead atoms. The highest BCUT2D eigenvalue weighted by molar-refractivity contribution is 5.56. The number of rotatable bonds is 3. The van der Waals surface area contributed by atoms with Crippen LogP contribution in [0.1, 0.15) is 25.0 Å². The van der Waals surface area contributed by atoms with Crippen LogP contribution in [0.3, 0.4) is 0 Å². The van der Waals surface area contributed by atoms with Crippen LogP contribution in [0.15, 0.2) is 30.4 Å². The van der Waals surface area contributed by atoms with Crippen molar-refractivity contribution in [3.63, 3.8) is 0 Å². The second kappa shape index (κ2) is 4.09. The zero-order valence-corrected chi connectivity index (χ0v) is 9.64. The monoisotopic (exact) mass is 201 g/mol. The van der Waals surface area contributed by atoms with Gasteiger partial charge >= 0.3 is 0 Å². The molecule has 1 heterocycles. The summed E-state index contributed by atoms with van der Waals surface area (Å²) < 4.78 is 0. The Morgan fingerprint density at radius 3 is 3.07 bits per heavy atom. The summed E-state index contributed by atoms with van der Waals surface area (Å²) >= 11 is 0. The first-order chi connectivity index (χ1) is 7.16. The van der Waals surface area contributed by atoms with Crippen molar-refractivity contribution >= 4 is 5.69 Å². The van der Waals surface area contributed by atoms with Gasteiger partial charge in [0.1, 0.15) is 0 Å². The lowest BCUT2D eigenvalue weighted by Crippen LogP contribution is -2.00. The molecule has 0 amide bonds. The summed E-state index contributed by atoms with van der Waals surface area (Å²) in [6.07, 6.45) is 2.28. The molecule has 80 valence electrons. The number of benzene rings is 1. The van der Waals surface area contributed by atoms with Gasteiger partial charge in [0.25, 0.3) is 0 Å². The van der Waals surface area contributed by atoms with Crippen molar-refractivity contribution in [3.8, 4) is 0 Å². The molecular weight excluding hydrogens is 182 g/mol. The molecule has 1 heteroatoms. The zero-order chi connectivity index (χ0) is 10.8. The third-order valence-corrected chi connectivity index (χ3v) is 3.26. The van der Waals surface area contributed by atoms with E-state index in [1.54, 1.807) is 0 Å². The van der Waals surface area contributed by atoms with Gasteiger partial charge in [-0.2, -0.15) is 0 Å². The number of hydrogen-bond donors (Lipinski definition) is 1. The number of allylic oxidation sites excluding steroid dienone is 1. The molecule has 1 aromatic rings. The molecule has 0 saturated heterocycles. The Balaban J connectivity index is 2.13.